The van der Waals surface area contributed by atoms with Crippen molar-refractivity contribution >= 4 is 0 Å². The van der Waals surface area contributed by atoms with Gasteiger partial charge in [0.05, 0.1) is 6.04 Å². The highest BCUT2D eigenvalue weighted by molar-refractivity contribution is 4.97. The third-order valence-corrected chi connectivity index (χ3v) is 1.51. The van der Waals surface area contributed by atoms with E-state index in [1.807, 2.05) is 13.0 Å². The zero-order valence-corrected chi connectivity index (χ0v) is 6.21. The van der Waals surface area contributed by atoms with Gasteiger partial charge in [-0.25, -0.2) is 4.39 Å². The molecule has 3 heteroatoms. The van der Waals surface area contributed by atoms with Gasteiger partial charge in [0.15, 0.2) is 0 Å². The van der Waals surface area contributed by atoms with Gasteiger partial charge in [0.25, 0.3) is 0 Å². The maximum atomic E-state index is 12.1. The van der Waals surface area contributed by atoms with Gasteiger partial charge in [-0.1, -0.05) is 0 Å². The Balaban J connectivity index is 2.82. The van der Waals surface area contributed by atoms with Gasteiger partial charge >= 0.3 is 0 Å². The maximum Gasteiger partial charge on any atom is 0.112 e. The molecule has 1 atom stereocenters. The summed E-state index contributed by atoms with van der Waals surface area (Å²) in [5.41, 5.74) is 1.00. The van der Waals surface area contributed by atoms with Crippen molar-refractivity contribution in [3.05, 3.63) is 18.0 Å². The third-order valence-electron chi connectivity index (χ3n) is 1.51. The molecule has 56 valence electrons. The van der Waals surface area contributed by atoms with Crippen LogP contribution in [-0.4, -0.2) is 16.5 Å². The average Bonchev–Trinajstić information content (AvgIpc) is 2.34. The highest BCUT2D eigenvalue weighted by atomic mass is 19.1. The molecule has 0 amide bonds. The normalized spacial score (nSPS) is 13.5. The molecule has 0 spiro atoms. The number of aryl methyl sites for hydroxylation is 1. The van der Waals surface area contributed by atoms with Crippen LogP contribution < -0.4 is 0 Å². The minimum absolute atomic E-state index is 0.130. The number of aromatic nitrogens is 2. The number of halogens is 1. The molecule has 0 saturated heterocycles. The molecule has 0 fully saturated rings. The number of hydrogen-bond acceptors (Lipinski definition) is 1. The smallest absolute Gasteiger partial charge is 0.112 e. The standard InChI is InChI=1S/C7H11FN2/c1-6-3-4-9-10(6)7(2)5-8/h3-4,7H,5H2,1-2H3/t7-/m0/s1. The third kappa shape index (κ3) is 1.17. The molecule has 0 bridgehead atoms. The van der Waals surface area contributed by atoms with Gasteiger partial charge in [-0.3, -0.25) is 4.68 Å². The molecule has 0 aliphatic heterocycles. The zero-order chi connectivity index (χ0) is 7.56. The fourth-order valence-corrected chi connectivity index (χ4v) is 0.907. The van der Waals surface area contributed by atoms with Crippen molar-refractivity contribution in [1.82, 2.24) is 9.78 Å². The van der Waals surface area contributed by atoms with E-state index >= 15 is 0 Å². The van der Waals surface area contributed by atoms with E-state index in [4.69, 9.17) is 0 Å². The van der Waals surface area contributed by atoms with Crippen molar-refractivity contribution in [2.75, 3.05) is 6.67 Å². The summed E-state index contributed by atoms with van der Waals surface area (Å²) in [5.74, 6) is 0. The molecule has 1 heterocycles. The highest BCUT2D eigenvalue weighted by Crippen LogP contribution is 2.07. The first-order chi connectivity index (χ1) is 4.75. The molecule has 10 heavy (non-hydrogen) atoms. The minimum atomic E-state index is -0.359. The summed E-state index contributed by atoms with van der Waals surface area (Å²) < 4.78 is 13.7. The van der Waals surface area contributed by atoms with Crippen LogP contribution in [0.25, 0.3) is 0 Å². The average molecular weight is 142 g/mol. The lowest BCUT2D eigenvalue weighted by Crippen LogP contribution is -2.09. The summed E-state index contributed by atoms with van der Waals surface area (Å²) >= 11 is 0. The fourth-order valence-electron chi connectivity index (χ4n) is 0.907. The Labute approximate surface area is 59.7 Å². The molecule has 0 aliphatic rings. The topological polar surface area (TPSA) is 17.8 Å². The lowest BCUT2D eigenvalue weighted by atomic mass is 10.3. The van der Waals surface area contributed by atoms with Crippen molar-refractivity contribution in [3.8, 4) is 0 Å². The molecule has 0 unspecified atom stereocenters. The van der Waals surface area contributed by atoms with Crippen molar-refractivity contribution < 1.29 is 4.39 Å². The van der Waals surface area contributed by atoms with Gasteiger partial charge in [0, 0.05) is 11.9 Å². The predicted octanol–water partition coefficient (Wildman–Crippen LogP) is 1.72. The van der Waals surface area contributed by atoms with E-state index in [0.717, 1.165) is 5.69 Å². The summed E-state index contributed by atoms with van der Waals surface area (Å²) in [6.07, 6.45) is 1.68. The quantitative estimate of drug-likeness (QED) is 0.614. The van der Waals surface area contributed by atoms with Crippen LogP contribution in [0.5, 0.6) is 0 Å². The Hall–Kier alpha value is -0.860. The first-order valence-electron chi connectivity index (χ1n) is 3.31. The molecular weight excluding hydrogens is 131 g/mol. The number of alkyl halides is 1. The monoisotopic (exact) mass is 142 g/mol. The molecular formula is C7H11FN2. The van der Waals surface area contributed by atoms with Gasteiger partial charge in [-0.05, 0) is 19.9 Å². The Morgan fingerprint density at radius 3 is 2.90 bits per heavy atom. The lowest BCUT2D eigenvalue weighted by Gasteiger charge is -2.08. The van der Waals surface area contributed by atoms with Gasteiger partial charge < -0.3 is 0 Å². The summed E-state index contributed by atoms with van der Waals surface area (Å²) in [6, 6.07) is 1.74. The number of hydrogen-bond donors (Lipinski definition) is 0. The van der Waals surface area contributed by atoms with Gasteiger partial charge in [0.1, 0.15) is 6.67 Å². The van der Waals surface area contributed by atoms with E-state index in [1.165, 1.54) is 0 Å². The number of rotatable bonds is 2. The Morgan fingerprint density at radius 2 is 2.50 bits per heavy atom. The van der Waals surface area contributed by atoms with Crippen LogP contribution in [0.1, 0.15) is 18.7 Å². The molecule has 0 saturated carbocycles. The van der Waals surface area contributed by atoms with Crippen molar-refractivity contribution in [1.29, 1.82) is 0 Å². The van der Waals surface area contributed by atoms with Crippen LogP contribution >= 0.6 is 0 Å². The highest BCUT2D eigenvalue weighted by Gasteiger charge is 2.04. The van der Waals surface area contributed by atoms with E-state index in [2.05, 4.69) is 5.10 Å². The second-order valence-electron chi connectivity index (χ2n) is 2.42. The van der Waals surface area contributed by atoms with Crippen molar-refractivity contribution in [2.45, 2.75) is 19.9 Å². The first kappa shape index (κ1) is 7.25. The molecule has 0 aromatic carbocycles. The summed E-state index contributed by atoms with van der Waals surface area (Å²) in [7, 11) is 0. The largest absolute Gasteiger partial charge is 0.264 e. The van der Waals surface area contributed by atoms with Crippen LogP contribution in [0.4, 0.5) is 4.39 Å². The van der Waals surface area contributed by atoms with Gasteiger partial charge in [-0.15, -0.1) is 0 Å². The first-order valence-corrected chi connectivity index (χ1v) is 3.31. The van der Waals surface area contributed by atoms with Crippen LogP contribution in [0, 0.1) is 6.92 Å². The molecule has 1 aromatic heterocycles. The van der Waals surface area contributed by atoms with Crippen LogP contribution in [0.15, 0.2) is 12.3 Å². The van der Waals surface area contributed by atoms with Crippen LogP contribution in [0.3, 0.4) is 0 Å². The van der Waals surface area contributed by atoms with E-state index < -0.39 is 0 Å². The van der Waals surface area contributed by atoms with E-state index in [9.17, 15) is 4.39 Å². The molecule has 0 aliphatic carbocycles. The molecule has 2 nitrogen and oxygen atoms in total. The van der Waals surface area contributed by atoms with Crippen molar-refractivity contribution in [3.63, 3.8) is 0 Å². The van der Waals surface area contributed by atoms with Crippen molar-refractivity contribution in [2.24, 2.45) is 0 Å². The van der Waals surface area contributed by atoms with E-state index in [-0.39, 0.29) is 12.7 Å². The van der Waals surface area contributed by atoms with Gasteiger partial charge in [0.2, 0.25) is 0 Å². The zero-order valence-electron chi connectivity index (χ0n) is 6.21. The minimum Gasteiger partial charge on any atom is -0.264 e. The van der Waals surface area contributed by atoms with E-state index in [0.29, 0.717) is 0 Å². The summed E-state index contributed by atoms with van der Waals surface area (Å²) in [4.78, 5) is 0. The summed E-state index contributed by atoms with van der Waals surface area (Å²) in [6.45, 7) is 3.36. The Bertz CT molecular complexity index is 207. The number of nitrogens with zero attached hydrogens (tertiary/aromatic N) is 2. The SMILES string of the molecule is Cc1ccnn1[C@@H](C)CF. The lowest BCUT2D eigenvalue weighted by molar-refractivity contribution is 0.351. The Kier molecular flexibility index (Phi) is 2.04. The molecule has 1 rings (SSSR count). The van der Waals surface area contributed by atoms with E-state index in [1.54, 1.807) is 17.8 Å². The molecule has 0 radical (unpaired) electrons. The molecule has 1 aromatic rings. The second kappa shape index (κ2) is 2.82. The fraction of sp³-hybridized carbons (Fsp3) is 0.571. The van der Waals surface area contributed by atoms with Crippen LogP contribution in [-0.2, 0) is 0 Å². The maximum absolute atomic E-state index is 12.1. The summed E-state index contributed by atoms with van der Waals surface area (Å²) in [5, 5.41) is 3.96. The Morgan fingerprint density at radius 1 is 1.80 bits per heavy atom. The predicted molar refractivity (Wildman–Crippen MR) is 37.7 cm³/mol. The van der Waals surface area contributed by atoms with Gasteiger partial charge in [-0.2, -0.15) is 5.10 Å². The van der Waals surface area contributed by atoms with Crippen LogP contribution in [0.2, 0.25) is 0 Å². The second-order valence-corrected chi connectivity index (χ2v) is 2.42. The molecule has 0 N–H and O–H groups in total.